The molecule has 0 aromatic heterocycles. The third kappa shape index (κ3) is 0.648. The van der Waals surface area contributed by atoms with E-state index in [0.717, 1.165) is 5.92 Å². The van der Waals surface area contributed by atoms with Crippen LogP contribution in [0.4, 0.5) is 0 Å². The molecular formula is C8H11N. The Morgan fingerprint density at radius 1 is 1.22 bits per heavy atom. The molecule has 3 atom stereocenters. The molecule has 0 amide bonds. The Hall–Kier alpha value is -0.560. The summed E-state index contributed by atoms with van der Waals surface area (Å²) in [6.07, 6.45) is 9.88. The van der Waals surface area contributed by atoms with Crippen LogP contribution in [0.5, 0.6) is 0 Å². The van der Waals surface area contributed by atoms with Crippen LogP contribution in [0.1, 0.15) is 6.42 Å². The molecule has 0 heterocycles. The minimum absolute atomic E-state index is 0.441. The Morgan fingerprint density at radius 2 is 2.00 bits per heavy atom. The smallest absolute Gasteiger partial charge is 0.0113 e. The van der Waals surface area contributed by atoms with Gasteiger partial charge in [-0.15, -0.1) is 0 Å². The second-order valence-corrected chi connectivity index (χ2v) is 2.91. The lowest BCUT2D eigenvalue weighted by atomic mass is 9.68. The monoisotopic (exact) mass is 121 g/mol. The van der Waals surface area contributed by atoms with Crippen molar-refractivity contribution >= 4 is 0 Å². The highest BCUT2D eigenvalue weighted by molar-refractivity contribution is 5.20. The van der Waals surface area contributed by atoms with E-state index in [-0.39, 0.29) is 0 Å². The number of hydrogen-bond donors (Lipinski definition) is 1. The molecule has 0 aromatic carbocycles. The molecule has 2 N–H and O–H groups in total. The fourth-order valence-electron chi connectivity index (χ4n) is 1.64. The molecule has 1 heteroatoms. The first-order chi connectivity index (χ1) is 4.38. The zero-order valence-electron chi connectivity index (χ0n) is 5.33. The predicted molar refractivity (Wildman–Crippen MR) is 37.9 cm³/mol. The maximum absolute atomic E-state index is 5.75. The molecule has 1 nitrogen and oxygen atoms in total. The maximum Gasteiger partial charge on any atom is 0.0113 e. The average molecular weight is 121 g/mol. The van der Waals surface area contributed by atoms with Crippen molar-refractivity contribution < 1.29 is 0 Å². The first-order valence-electron chi connectivity index (χ1n) is 3.48. The Kier molecular flexibility index (Phi) is 0.995. The number of allylic oxidation sites excluding steroid dienone is 3. The van der Waals surface area contributed by atoms with E-state index in [2.05, 4.69) is 24.3 Å². The molecule has 48 valence electrons. The van der Waals surface area contributed by atoms with Crippen molar-refractivity contribution in [3.63, 3.8) is 0 Å². The van der Waals surface area contributed by atoms with E-state index in [0.29, 0.717) is 12.0 Å². The molecule has 3 unspecified atom stereocenters. The molecule has 0 radical (unpaired) electrons. The zero-order chi connectivity index (χ0) is 6.27. The van der Waals surface area contributed by atoms with Gasteiger partial charge in [0.15, 0.2) is 0 Å². The number of nitrogens with two attached hydrogens (primary N) is 1. The van der Waals surface area contributed by atoms with Crippen molar-refractivity contribution in [2.45, 2.75) is 12.5 Å². The van der Waals surface area contributed by atoms with Crippen LogP contribution in [0.3, 0.4) is 0 Å². The minimum Gasteiger partial charge on any atom is -0.327 e. The Morgan fingerprint density at radius 3 is 2.56 bits per heavy atom. The highest BCUT2D eigenvalue weighted by Crippen LogP contribution is 2.37. The van der Waals surface area contributed by atoms with Crippen LogP contribution < -0.4 is 5.73 Å². The van der Waals surface area contributed by atoms with E-state index in [4.69, 9.17) is 5.73 Å². The van der Waals surface area contributed by atoms with Gasteiger partial charge in [-0.2, -0.15) is 0 Å². The van der Waals surface area contributed by atoms with E-state index >= 15 is 0 Å². The molecule has 0 saturated heterocycles. The third-order valence-electron chi connectivity index (χ3n) is 2.34. The minimum atomic E-state index is 0.441. The molecule has 2 aliphatic carbocycles. The fourth-order valence-corrected chi connectivity index (χ4v) is 1.64. The van der Waals surface area contributed by atoms with E-state index in [1.54, 1.807) is 0 Å². The van der Waals surface area contributed by atoms with E-state index in [1.807, 2.05) is 0 Å². The molecule has 0 aromatic rings. The van der Waals surface area contributed by atoms with Gasteiger partial charge < -0.3 is 5.73 Å². The summed E-state index contributed by atoms with van der Waals surface area (Å²) in [5.41, 5.74) is 5.75. The van der Waals surface area contributed by atoms with Gasteiger partial charge in [-0.05, 0) is 18.3 Å². The Balaban J connectivity index is 2.14. The number of rotatable bonds is 0. The van der Waals surface area contributed by atoms with Gasteiger partial charge in [0.05, 0.1) is 0 Å². The fraction of sp³-hybridized carbons (Fsp3) is 0.500. The summed E-state index contributed by atoms with van der Waals surface area (Å²) in [6, 6.07) is 0.441. The molecule has 1 fully saturated rings. The van der Waals surface area contributed by atoms with Crippen molar-refractivity contribution in [2.75, 3.05) is 0 Å². The zero-order valence-corrected chi connectivity index (χ0v) is 5.33. The second kappa shape index (κ2) is 1.71. The third-order valence-corrected chi connectivity index (χ3v) is 2.34. The number of hydrogen-bond acceptors (Lipinski definition) is 1. The molecule has 0 spiro atoms. The Labute approximate surface area is 55.2 Å². The van der Waals surface area contributed by atoms with Crippen LogP contribution in [0.15, 0.2) is 24.3 Å². The van der Waals surface area contributed by atoms with Gasteiger partial charge in [-0.3, -0.25) is 0 Å². The summed E-state index contributed by atoms with van der Waals surface area (Å²) in [7, 11) is 0. The summed E-state index contributed by atoms with van der Waals surface area (Å²) in [4.78, 5) is 0. The van der Waals surface area contributed by atoms with Crippen molar-refractivity contribution in [3.05, 3.63) is 24.3 Å². The Bertz CT molecular complexity index is 169. The lowest BCUT2D eigenvalue weighted by molar-refractivity contribution is 0.229. The predicted octanol–water partition coefficient (Wildman–Crippen LogP) is 1.08. The summed E-state index contributed by atoms with van der Waals surface area (Å²) < 4.78 is 0. The lowest BCUT2D eigenvalue weighted by Crippen LogP contribution is -2.45. The van der Waals surface area contributed by atoms with Gasteiger partial charge in [0.2, 0.25) is 0 Å². The first-order valence-corrected chi connectivity index (χ1v) is 3.48. The molecule has 0 bridgehead atoms. The normalized spacial score (nSPS) is 46.1. The van der Waals surface area contributed by atoms with Crippen LogP contribution in [0.25, 0.3) is 0 Å². The highest BCUT2D eigenvalue weighted by Gasteiger charge is 2.35. The second-order valence-electron chi connectivity index (χ2n) is 2.91. The highest BCUT2D eigenvalue weighted by atomic mass is 14.7. The summed E-state index contributed by atoms with van der Waals surface area (Å²) >= 11 is 0. The summed E-state index contributed by atoms with van der Waals surface area (Å²) in [5, 5.41) is 0. The quantitative estimate of drug-likeness (QED) is 0.510. The summed E-state index contributed by atoms with van der Waals surface area (Å²) in [6.45, 7) is 0. The molecular weight excluding hydrogens is 110 g/mol. The van der Waals surface area contributed by atoms with Crippen LogP contribution in [-0.4, -0.2) is 6.04 Å². The van der Waals surface area contributed by atoms with Crippen LogP contribution >= 0.6 is 0 Å². The van der Waals surface area contributed by atoms with Gasteiger partial charge in [0.25, 0.3) is 0 Å². The SMILES string of the molecule is NC1CC2C=CC=CC12. The standard InChI is InChI=1S/C8H11N/c9-8-5-6-3-1-2-4-7(6)8/h1-4,6-8H,5,9H2. The first kappa shape index (κ1) is 5.24. The van der Waals surface area contributed by atoms with E-state index < -0.39 is 0 Å². The molecule has 2 rings (SSSR count). The van der Waals surface area contributed by atoms with Crippen LogP contribution in [-0.2, 0) is 0 Å². The van der Waals surface area contributed by atoms with Crippen molar-refractivity contribution in [3.8, 4) is 0 Å². The van der Waals surface area contributed by atoms with E-state index in [1.165, 1.54) is 6.42 Å². The van der Waals surface area contributed by atoms with E-state index in [9.17, 15) is 0 Å². The van der Waals surface area contributed by atoms with Gasteiger partial charge in [-0.1, -0.05) is 24.3 Å². The van der Waals surface area contributed by atoms with Crippen molar-refractivity contribution in [1.29, 1.82) is 0 Å². The van der Waals surface area contributed by atoms with Crippen molar-refractivity contribution in [2.24, 2.45) is 17.6 Å². The number of fused-ring (bicyclic) bond motifs is 1. The molecule has 2 aliphatic rings. The van der Waals surface area contributed by atoms with Gasteiger partial charge in [-0.25, -0.2) is 0 Å². The van der Waals surface area contributed by atoms with Gasteiger partial charge >= 0.3 is 0 Å². The van der Waals surface area contributed by atoms with Crippen LogP contribution in [0, 0.1) is 11.8 Å². The molecule has 0 aliphatic heterocycles. The van der Waals surface area contributed by atoms with Crippen molar-refractivity contribution in [1.82, 2.24) is 0 Å². The largest absolute Gasteiger partial charge is 0.327 e. The van der Waals surface area contributed by atoms with Crippen LogP contribution in [0.2, 0.25) is 0 Å². The lowest BCUT2D eigenvalue weighted by Gasteiger charge is -2.40. The maximum atomic E-state index is 5.75. The van der Waals surface area contributed by atoms with Gasteiger partial charge in [0.1, 0.15) is 0 Å². The molecule has 9 heavy (non-hydrogen) atoms. The average Bonchev–Trinajstić information content (AvgIpc) is 1.86. The summed E-state index contributed by atoms with van der Waals surface area (Å²) in [5.74, 6) is 1.43. The molecule has 1 saturated carbocycles. The van der Waals surface area contributed by atoms with Gasteiger partial charge in [0, 0.05) is 6.04 Å². The topological polar surface area (TPSA) is 26.0 Å².